The molecule has 0 bridgehead atoms. The standard InChI is InChI=1S/C20H20F3NO4/c1-28-13-16-4-2-3-15(9-16)10-18(25)24(12-19(26)27)11-14-5-7-17(8-6-14)20(21,22)23/h2-9H,10-13H2,1H3,(H,26,27). The van der Waals surface area contributed by atoms with E-state index in [0.717, 1.165) is 22.6 Å². The molecule has 1 N–H and O–H groups in total. The van der Waals surface area contributed by atoms with Gasteiger partial charge in [-0.3, -0.25) is 9.59 Å². The Morgan fingerprint density at radius 2 is 1.68 bits per heavy atom. The van der Waals surface area contributed by atoms with Crippen molar-refractivity contribution in [2.24, 2.45) is 0 Å². The lowest BCUT2D eigenvalue weighted by Gasteiger charge is -2.21. The number of hydrogen-bond acceptors (Lipinski definition) is 3. The molecule has 0 aliphatic heterocycles. The largest absolute Gasteiger partial charge is 0.480 e. The number of rotatable bonds is 8. The summed E-state index contributed by atoms with van der Waals surface area (Å²) in [5.74, 6) is -1.63. The fourth-order valence-electron chi connectivity index (χ4n) is 2.70. The van der Waals surface area contributed by atoms with Crippen molar-refractivity contribution in [3.05, 3.63) is 70.8 Å². The van der Waals surface area contributed by atoms with Gasteiger partial charge < -0.3 is 14.7 Å². The smallest absolute Gasteiger partial charge is 0.416 e. The molecule has 28 heavy (non-hydrogen) atoms. The van der Waals surface area contributed by atoms with Gasteiger partial charge in [0.05, 0.1) is 18.6 Å². The van der Waals surface area contributed by atoms with Gasteiger partial charge in [0.1, 0.15) is 6.54 Å². The van der Waals surface area contributed by atoms with Crippen molar-refractivity contribution in [1.29, 1.82) is 0 Å². The Kier molecular flexibility index (Phi) is 7.17. The molecule has 0 aliphatic rings. The van der Waals surface area contributed by atoms with Crippen LogP contribution in [0.5, 0.6) is 0 Å². The minimum absolute atomic E-state index is 0.0224. The van der Waals surface area contributed by atoms with E-state index in [2.05, 4.69) is 0 Å². The zero-order valence-corrected chi connectivity index (χ0v) is 15.2. The minimum atomic E-state index is -4.46. The van der Waals surface area contributed by atoms with Crippen molar-refractivity contribution < 1.29 is 32.6 Å². The van der Waals surface area contributed by atoms with Gasteiger partial charge in [-0.2, -0.15) is 13.2 Å². The van der Waals surface area contributed by atoms with Gasteiger partial charge >= 0.3 is 12.1 Å². The molecule has 8 heteroatoms. The fourth-order valence-corrected chi connectivity index (χ4v) is 2.70. The van der Waals surface area contributed by atoms with E-state index in [1.54, 1.807) is 25.3 Å². The summed E-state index contributed by atoms with van der Waals surface area (Å²) in [4.78, 5) is 24.8. The average molecular weight is 395 g/mol. The summed E-state index contributed by atoms with van der Waals surface area (Å²) in [5.41, 5.74) is 1.18. The first kappa shape index (κ1) is 21.4. The highest BCUT2D eigenvalue weighted by molar-refractivity contribution is 5.83. The highest BCUT2D eigenvalue weighted by atomic mass is 19.4. The first-order chi connectivity index (χ1) is 13.2. The number of alkyl halides is 3. The van der Waals surface area contributed by atoms with E-state index < -0.39 is 30.2 Å². The van der Waals surface area contributed by atoms with Crippen LogP contribution in [0.2, 0.25) is 0 Å². The Morgan fingerprint density at radius 3 is 2.25 bits per heavy atom. The lowest BCUT2D eigenvalue weighted by atomic mass is 10.1. The minimum Gasteiger partial charge on any atom is -0.480 e. The number of carbonyl (C=O) groups excluding carboxylic acids is 1. The third-order valence-electron chi connectivity index (χ3n) is 3.99. The third-order valence-corrected chi connectivity index (χ3v) is 3.99. The second-order valence-corrected chi connectivity index (χ2v) is 6.27. The molecule has 0 unspecified atom stereocenters. The summed E-state index contributed by atoms with van der Waals surface area (Å²) in [7, 11) is 1.55. The molecule has 0 radical (unpaired) electrons. The predicted molar refractivity (Wildman–Crippen MR) is 95.4 cm³/mol. The van der Waals surface area contributed by atoms with Crippen molar-refractivity contribution in [2.45, 2.75) is 25.7 Å². The quantitative estimate of drug-likeness (QED) is 0.743. The van der Waals surface area contributed by atoms with Crippen molar-refractivity contribution >= 4 is 11.9 Å². The second kappa shape index (κ2) is 9.36. The van der Waals surface area contributed by atoms with Crippen LogP contribution >= 0.6 is 0 Å². The van der Waals surface area contributed by atoms with E-state index in [1.807, 2.05) is 6.07 Å². The monoisotopic (exact) mass is 395 g/mol. The number of methoxy groups -OCH3 is 1. The van der Waals surface area contributed by atoms with Crippen molar-refractivity contribution in [3.63, 3.8) is 0 Å². The van der Waals surface area contributed by atoms with E-state index >= 15 is 0 Å². The van der Waals surface area contributed by atoms with Gasteiger partial charge in [0.25, 0.3) is 0 Å². The molecule has 2 rings (SSSR count). The summed E-state index contributed by atoms with van der Waals surface area (Å²) in [6.45, 7) is -0.259. The Labute approximate surface area is 160 Å². The zero-order valence-electron chi connectivity index (χ0n) is 15.2. The van der Waals surface area contributed by atoms with Crippen LogP contribution < -0.4 is 0 Å². The molecule has 2 aromatic carbocycles. The van der Waals surface area contributed by atoms with Crippen LogP contribution in [0, 0.1) is 0 Å². The highest BCUT2D eigenvalue weighted by Gasteiger charge is 2.30. The van der Waals surface area contributed by atoms with Crippen molar-refractivity contribution in [1.82, 2.24) is 4.90 Å². The molecule has 0 fully saturated rings. The van der Waals surface area contributed by atoms with Crippen LogP contribution in [-0.4, -0.2) is 35.5 Å². The van der Waals surface area contributed by atoms with E-state index in [-0.39, 0.29) is 13.0 Å². The van der Waals surface area contributed by atoms with E-state index in [4.69, 9.17) is 9.84 Å². The number of carboxylic acid groups (broad SMARTS) is 1. The normalized spacial score (nSPS) is 11.3. The molecule has 0 aliphatic carbocycles. The van der Waals surface area contributed by atoms with Crippen LogP contribution in [0.3, 0.4) is 0 Å². The van der Waals surface area contributed by atoms with Crippen LogP contribution in [0.4, 0.5) is 13.2 Å². The number of halogens is 3. The highest BCUT2D eigenvalue weighted by Crippen LogP contribution is 2.29. The number of carbonyl (C=O) groups is 2. The molecule has 2 aromatic rings. The van der Waals surface area contributed by atoms with Crippen LogP contribution in [0.15, 0.2) is 48.5 Å². The maximum Gasteiger partial charge on any atom is 0.416 e. The summed E-state index contributed by atoms with van der Waals surface area (Å²) < 4.78 is 43.0. The summed E-state index contributed by atoms with van der Waals surface area (Å²) in [6.07, 6.45) is -4.48. The second-order valence-electron chi connectivity index (χ2n) is 6.27. The number of carboxylic acids is 1. The van der Waals surface area contributed by atoms with Crippen LogP contribution in [0.25, 0.3) is 0 Å². The van der Waals surface area contributed by atoms with Gasteiger partial charge in [0, 0.05) is 13.7 Å². The maximum atomic E-state index is 12.7. The summed E-state index contributed by atoms with van der Waals surface area (Å²) in [6, 6.07) is 11.4. The summed E-state index contributed by atoms with van der Waals surface area (Å²) in [5, 5.41) is 9.08. The first-order valence-corrected chi connectivity index (χ1v) is 8.41. The molecular weight excluding hydrogens is 375 g/mol. The van der Waals surface area contributed by atoms with Gasteiger partial charge in [0.15, 0.2) is 0 Å². The molecule has 0 heterocycles. The van der Waals surface area contributed by atoms with Gasteiger partial charge in [-0.05, 0) is 28.8 Å². The molecule has 0 aromatic heterocycles. The zero-order chi connectivity index (χ0) is 20.7. The van der Waals surface area contributed by atoms with E-state index in [1.165, 1.54) is 12.1 Å². The van der Waals surface area contributed by atoms with Crippen molar-refractivity contribution in [2.75, 3.05) is 13.7 Å². The van der Waals surface area contributed by atoms with Gasteiger partial charge in [-0.1, -0.05) is 36.4 Å². The van der Waals surface area contributed by atoms with Gasteiger partial charge in [-0.25, -0.2) is 0 Å². The number of aliphatic carboxylic acids is 1. The lowest BCUT2D eigenvalue weighted by Crippen LogP contribution is -2.36. The molecule has 150 valence electrons. The summed E-state index contributed by atoms with van der Waals surface area (Å²) >= 11 is 0. The first-order valence-electron chi connectivity index (χ1n) is 8.41. The van der Waals surface area contributed by atoms with E-state index in [0.29, 0.717) is 17.7 Å². The fraction of sp³-hybridized carbons (Fsp3) is 0.300. The molecule has 5 nitrogen and oxygen atoms in total. The number of ether oxygens (including phenoxy) is 1. The SMILES string of the molecule is COCc1cccc(CC(=O)N(CC(=O)O)Cc2ccc(C(F)(F)F)cc2)c1. The molecule has 0 saturated heterocycles. The van der Waals surface area contributed by atoms with Gasteiger partial charge in [-0.15, -0.1) is 0 Å². The lowest BCUT2D eigenvalue weighted by molar-refractivity contribution is -0.144. The van der Waals surface area contributed by atoms with Crippen LogP contribution in [0.1, 0.15) is 22.3 Å². The molecule has 0 atom stereocenters. The van der Waals surface area contributed by atoms with Crippen LogP contribution in [-0.2, 0) is 40.1 Å². The Balaban J connectivity index is 2.13. The molecule has 1 amide bonds. The number of amides is 1. The predicted octanol–water partition coefficient (Wildman–Crippen LogP) is 3.51. The van der Waals surface area contributed by atoms with Crippen molar-refractivity contribution in [3.8, 4) is 0 Å². The molecule has 0 saturated carbocycles. The van der Waals surface area contributed by atoms with Gasteiger partial charge in [0.2, 0.25) is 5.91 Å². The number of benzene rings is 2. The topological polar surface area (TPSA) is 66.8 Å². The molecule has 0 spiro atoms. The van der Waals surface area contributed by atoms with E-state index in [9.17, 15) is 22.8 Å². The number of nitrogens with zero attached hydrogens (tertiary/aromatic N) is 1. The average Bonchev–Trinajstić information content (AvgIpc) is 2.61. The Bertz CT molecular complexity index is 819. The Morgan fingerprint density at radius 1 is 1.04 bits per heavy atom. The third kappa shape index (κ3) is 6.38. The molecular formula is C20H20F3NO4. The maximum absolute atomic E-state index is 12.7. The number of hydrogen-bond donors (Lipinski definition) is 1. The Hall–Kier alpha value is -2.87.